The summed E-state index contributed by atoms with van der Waals surface area (Å²) in [5.74, 6) is -0.794. The zero-order chi connectivity index (χ0) is 17.1. The van der Waals surface area contributed by atoms with Crippen LogP contribution in [-0.2, 0) is 9.59 Å². The highest BCUT2D eigenvalue weighted by Crippen LogP contribution is 2.17. The predicted octanol–water partition coefficient (Wildman–Crippen LogP) is -0.142. The summed E-state index contributed by atoms with van der Waals surface area (Å²) in [6.07, 6.45) is 2.13. The van der Waals surface area contributed by atoms with Gasteiger partial charge < -0.3 is 15.1 Å². The Kier molecular flexibility index (Phi) is 4.59. The largest absolute Gasteiger partial charge is 0.352 e. The Bertz CT molecular complexity index is 668. The molecule has 1 aromatic rings. The van der Waals surface area contributed by atoms with Crippen molar-refractivity contribution in [3.8, 4) is 0 Å². The van der Waals surface area contributed by atoms with Crippen molar-refractivity contribution in [1.82, 2.24) is 20.5 Å². The fraction of sp³-hybridized carbons (Fsp3) is 0.467. The number of nitrogens with zero attached hydrogens (tertiary/aromatic N) is 3. The molecule has 2 aliphatic heterocycles. The lowest BCUT2D eigenvalue weighted by Crippen LogP contribution is -2.40. The monoisotopic (exact) mass is 335 g/mol. The molecule has 0 unspecified atom stereocenters. The minimum absolute atomic E-state index is 0.0739. The van der Waals surface area contributed by atoms with Crippen LogP contribution in [0, 0.1) is 5.82 Å². The number of anilines is 1. The molecule has 0 aliphatic carbocycles. The van der Waals surface area contributed by atoms with Crippen LogP contribution in [0.1, 0.15) is 12.8 Å². The van der Waals surface area contributed by atoms with Crippen molar-refractivity contribution in [3.63, 3.8) is 0 Å². The van der Waals surface area contributed by atoms with Gasteiger partial charge in [-0.2, -0.15) is 0 Å². The number of pyridine rings is 1. The van der Waals surface area contributed by atoms with Gasteiger partial charge in [0, 0.05) is 32.4 Å². The molecule has 24 heavy (non-hydrogen) atoms. The van der Waals surface area contributed by atoms with Gasteiger partial charge in [-0.1, -0.05) is 0 Å². The highest BCUT2D eigenvalue weighted by molar-refractivity contribution is 6.05. The van der Waals surface area contributed by atoms with E-state index in [9.17, 15) is 18.8 Å². The van der Waals surface area contributed by atoms with E-state index in [1.165, 1.54) is 18.3 Å². The molecule has 1 atom stereocenters. The number of halogens is 1. The molecule has 128 valence electrons. The zero-order valence-electron chi connectivity index (χ0n) is 13.0. The van der Waals surface area contributed by atoms with E-state index >= 15 is 0 Å². The molecule has 0 radical (unpaired) electrons. The quantitative estimate of drug-likeness (QED) is 0.750. The first-order valence-electron chi connectivity index (χ1n) is 7.79. The number of imide groups is 1. The van der Waals surface area contributed by atoms with Crippen LogP contribution >= 0.6 is 0 Å². The number of rotatable bonds is 3. The van der Waals surface area contributed by atoms with E-state index in [-0.39, 0.29) is 24.0 Å². The van der Waals surface area contributed by atoms with Gasteiger partial charge in [0.25, 0.3) is 5.91 Å². The molecule has 0 bridgehead atoms. The van der Waals surface area contributed by atoms with Gasteiger partial charge in [0.05, 0.1) is 6.42 Å². The van der Waals surface area contributed by atoms with Gasteiger partial charge >= 0.3 is 6.03 Å². The average Bonchev–Trinajstić information content (AvgIpc) is 2.76. The van der Waals surface area contributed by atoms with Crippen molar-refractivity contribution in [3.05, 3.63) is 24.1 Å². The fourth-order valence-electron chi connectivity index (χ4n) is 2.90. The maximum atomic E-state index is 13.8. The lowest BCUT2D eigenvalue weighted by Gasteiger charge is -2.23. The van der Waals surface area contributed by atoms with Gasteiger partial charge in [-0.3, -0.25) is 14.9 Å². The number of amides is 4. The topological polar surface area (TPSA) is 94.6 Å². The number of carbonyl (C=O) groups excluding carboxylic acids is 3. The van der Waals surface area contributed by atoms with E-state index in [2.05, 4.69) is 15.6 Å². The Morgan fingerprint density at radius 2 is 2.12 bits per heavy atom. The molecule has 0 spiro atoms. The number of aromatic nitrogens is 1. The molecule has 2 aliphatic rings. The molecular formula is C15H18FN5O3. The zero-order valence-corrected chi connectivity index (χ0v) is 13.0. The first-order valence-corrected chi connectivity index (χ1v) is 7.79. The summed E-state index contributed by atoms with van der Waals surface area (Å²) in [5.41, 5.74) is 0. The van der Waals surface area contributed by atoms with E-state index in [4.69, 9.17) is 0 Å². The Balaban J connectivity index is 1.59. The molecule has 2 fully saturated rings. The lowest BCUT2D eigenvalue weighted by molar-refractivity contribution is -0.133. The summed E-state index contributed by atoms with van der Waals surface area (Å²) in [7, 11) is 0. The molecule has 2 saturated heterocycles. The Hall–Kier alpha value is -2.71. The fourth-order valence-corrected chi connectivity index (χ4v) is 2.90. The minimum atomic E-state index is -0.822. The first-order chi connectivity index (χ1) is 11.5. The third-order valence-electron chi connectivity index (χ3n) is 4.12. The predicted molar refractivity (Wildman–Crippen MR) is 82.7 cm³/mol. The SMILES string of the molecule is O=C1NC(=O)[C@H](CC(=O)N2CCCN(c3ncccc3F)CC2)N1. The van der Waals surface area contributed by atoms with Crippen LogP contribution in [0.15, 0.2) is 18.3 Å². The normalized spacial score (nSPS) is 21.3. The second-order valence-electron chi connectivity index (χ2n) is 5.75. The van der Waals surface area contributed by atoms with Gasteiger partial charge in [0.2, 0.25) is 5.91 Å². The van der Waals surface area contributed by atoms with Crippen LogP contribution < -0.4 is 15.5 Å². The second kappa shape index (κ2) is 6.81. The summed E-state index contributed by atoms with van der Waals surface area (Å²) in [4.78, 5) is 42.5. The van der Waals surface area contributed by atoms with E-state index in [0.717, 1.165) is 0 Å². The maximum absolute atomic E-state index is 13.8. The highest BCUT2D eigenvalue weighted by Gasteiger charge is 2.33. The van der Waals surface area contributed by atoms with Gasteiger partial charge in [0.1, 0.15) is 6.04 Å². The van der Waals surface area contributed by atoms with Gasteiger partial charge in [0.15, 0.2) is 11.6 Å². The van der Waals surface area contributed by atoms with Gasteiger partial charge in [-0.05, 0) is 18.6 Å². The van der Waals surface area contributed by atoms with Crippen molar-refractivity contribution in [2.75, 3.05) is 31.1 Å². The third-order valence-corrected chi connectivity index (χ3v) is 4.12. The number of nitrogens with one attached hydrogen (secondary N) is 2. The van der Waals surface area contributed by atoms with Crippen LogP contribution in [0.4, 0.5) is 15.0 Å². The number of urea groups is 1. The Morgan fingerprint density at radius 3 is 2.83 bits per heavy atom. The molecule has 3 heterocycles. The standard InChI is InChI=1S/C15H18FN5O3/c16-10-3-1-4-17-13(10)21-6-2-5-20(7-8-21)12(22)9-11-14(23)19-15(24)18-11/h1,3-4,11H,2,5-9H2,(H2,18,19,23,24)/t11-/m0/s1. The number of carbonyl (C=O) groups is 3. The number of hydrogen-bond donors (Lipinski definition) is 2. The molecule has 0 saturated carbocycles. The molecule has 1 aromatic heterocycles. The van der Waals surface area contributed by atoms with Crippen molar-refractivity contribution in [1.29, 1.82) is 0 Å². The number of hydrogen-bond acceptors (Lipinski definition) is 5. The van der Waals surface area contributed by atoms with Crippen LogP contribution in [0.2, 0.25) is 0 Å². The van der Waals surface area contributed by atoms with Crippen molar-refractivity contribution < 1.29 is 18.8 Å². The smallest absolute Gasteiger partial charge is 0.322 e. The molecule has 8 nitrogen and oxygen atoms in total. The molecule has 4 amide bonds. The third kappa shape index (κ3) is 3.44. The Morgan fingerprint density at radius 1 is 1.29 bits per heavy atom. The summed E-state index contributed by atoms with van der Waals surface area (Å²) in [6.45, 7) is 1.99. The Labute approximate surface area is 138 Å². The van der Waals surface area contributed by atoms with Crippen molar-refractivity contribution >= 4 is 23.7 Å². The second-order valence-corrected chi connectivity index (χ2v) is 5.75. The van der Waals surface area contributed by atoms with Gasteiger partial charge in [-0.15, -0.1) is 0 Å². The molecule has 0 aromatic carbocycles. The molecule has 9 heteroatoms. The van der Waals surface area contributed by atoms with Gasteiger partial charge in [-0.25, -0.2) is 14.2 Å². The summed E-state index contributed by atoms with van der Waals surface area (Å²) in [5, 5.41) is 4.52. The van der Waals surface area contributed by atoms with Crippen LogP contribution in [-0.4, -0.2) is 60.0 Å². The van der Waals surface area contributed by atoms with Crippen LogP contribution in [0.5, 0.6) is 0 Å². The average molecular weight is 335 g/mol. The van der Waals surface area contributed by atoms with E-state index in [1.54, 1.807) is 4.90 Å². The van der Waals surface area contributed by atoms with E-state index < -0.39 is 18.0 Å². The van der Waals surface area contributed by atoms with E-state index in [0.29, 0.717) is 32.6 Å². The minimum Gasteiger partial charge on any atom is -0.352 e. The van der Waals surface area contributed by atoms with Crippen LogP contribution in [0.25, 0.3) is 0 Å². The van der Waals surface area contributed by atoms with Crippen LogP contribution in [0.3, 0.4) is 0 Å². The van der Waals surface area contributed by atoms with Crippen molar-refractivity contribution in [2.45, 2.75) is 18.9 Å². The first kappa shape index (κ1) is 16.2. The summed E-state index contributed by atoms with van der Waals surface area (Å²) < 4.78 is 13.8. The molecule has 2 N–H and O–H groups in total. The molecular weight excluding hydrogens is 317 g/mol. The van der Waals surface area contributed by atoms with E-state index in [1.807, 2.05) is 4.90 Å². The lowest BCUT2D eigenvalue weighted by atomic mass is 10.2. The molecule has 3 rings (SSSR count). The summed E-state index contributed by atoms with van der Waals surface area (Å²) in [6, 6.07) is 1.49. The maximum Gasteiger partial charge on any atom is 0.322 e. The summed E-state index contributed by atoms with van der Waals surface area (Å²) >= 11 is 0. The highest BCUT2D eigenvalue weighted by atomic mass is 19.1. The van der Waals surface area contributed by atoms with Crippen molar-refractivity contribution in [2.24, 2.45) is 0 Å².